The third-order valence-corrected chi connectivity index (χ3v) is 6.63. The van der Waals surface area contributed by atoms with Gasteiger partial charge in [0, 0.05) is 24.2 Å². The van der Waals surface area contributed by atoms with E-state index in [1.807, 2.05) is 11.0 Å². The molecule has 2 aliphatic rings. The van der Waals surface area contributed by atoms with E-state index in [0.29, 0.717) is 18.4 Å². The van der Waals surface area contributed by atoms with Gasteiger partial charge < -0.3 is 10.6 Å². The smallest absolute Gasteiger partial charge is 0.230 e. The van der Waals surface area contributed by atoms with Gasteiger partial charge in [-0.1, -0.05) is 62.4 Å². The number of carbonyl (C=O) groups excluding carboxylic acids is 1. The lowest BCUT2D eigenvalue weighted by Crippen LogP contribution is -2.42. The Hall–Kier alpha value is -2.39. The predicted octanol–water partition coefficient (Wildman–Crippen LogP) is 6.15. The second-order valence-electron chi connectivity index (χ2n) is 9.72. The number of rotatable bonds is 8. The highest BCUT2D eigenvalue weighted by Crippen LogP contribution is 2.48. The fraction of sp³-hybridized carbons (Fsp3) is 0.464. The van der Waals surface area contributed by atoms with E-state index < -0.39 is 0 Å². The summed E-state index contributed by atoms with van der Waals surface area (Å²) in [6, 6.07) is 19.0. The minimum absolute atomic E-state index is 0.0152. The van der Waals surface area contributed by atoms with E-state index in [9.17, 15) is 4.79 Å². The number of nitrogens with zero attached hydrogens (tertiary/aromatic N) is 1. The number of hydrogen-bond acceptors (Lipinski definition) is 2. The Labute approximate surface area is 187 Å². The number of amides is 1. The first kappa shape index (κ1) is 21.8. The summed E-state index contributed by atoms with van der Waals surface area (Å²) < 4.78 is 0. The van der Waals surface area contributed by atoms with Gasteiger partial charge in [-0.15, -0.1) is 0 Å². The lowest BCUT2D eigenvalue weighted by molar-refractivity contribution is -0.120. The number of anilines is 1. The van der Waals surface area contributed by atoms with Gasteiger partial charge in [0.25, 0.3) is 0 Å². The van der Waals surface area contributed by atoms with Crippen molar-refractivity contribution in [2.75, 3.05) is 11.4 Å². The van der Waals surface area contributed by atoms with Gasteiger partial charge in [-0.25, -0.2) is 0 Å². The Balaban J connectivity index is 1.53. The van der Waals surface area contributed by atoms with E-state index in [1.165, 1.54) is 36.0 Å². The summed E-state index contributed by atoms with van der Waals surface area (Å²) in [5, 5.41) is 0. The van der Waals surface area contributed by atoms with Crippen LogP contribution in [0, 0.1) is 11.8 Å². The third kappa shape index (κ3) is 5.46. The SMILES string of the molecule is CC(C)C[C@H](N)CN(C(=O)[C@@H]1C[C@H]1c1ccccc1)c1ccc(C2=CCCCC2)cc1. The van der Waals surface area contributed by atoms with Crippen molar-refractivity contribution in [3.05, 3.63) is 71.8 Å². The zero-order chi connectivity index (χ0) is 21.8. The zero-order valence-electron chi connectivity index (χ0n) is 19.0. The van der Waals surface area contributed by atoms with Crippen molar-refractivity contribution >= 4 is 17.2 Å². The topological polar surface area (TPSA) is 46.3 Å². The summed E-state index contributed by atoms with van der Waals surface area (Å²) in [7, 11) is 0. The standard InChI is InChI=1S/C28H36N2O/c1-20(2)17-24(29)19-30(28(31)27-18-26(27)23-11-7-4-8-12-23)25-15-13-22(14-16-25)21-9-5-3-6-10-21/h4,7-9,11-16,20,24,26-27H,3,5-6,10,17-19,29H2,1-2H3/t24-,26-,27+/m0/s1. The summed E-state index contributed by atoms with van der Waals surface area (Å²) in [6.45, 7) is 4.95. The third-order valence-electron chi connectivity index (χ3n) is 6.63. The summed E-state index contributed by atoms with van der Waals surface area (Å²) in [5.41, 5.74) is 11.4. The van der Waals surface area contributed by atoms with Gasteiger partial charge in [0.1, 0.15) is 0 Å². The van der Waals surface area contributed by atoms with Gasteiger partial charge in [0.15, 0.2) is 0 Å². The lowest BCUT2D eigenvalue weighted by atomic mass is 9.93. The fourth-order valence-electron chi connectivity index (χ4n) is 4.93. The number of benzene rings is 2. The average molecular weight is 417 g/mol. The van der Waals surface area contributed by atoms with E-state index in [1.54, 1.807) is 0 Å². The van der Waals surface area contributed by atoms with Gasteiger partial charge in [-0.2, -0.15) is 0 Å². The molecule has 2 N–H and O–H groups in total. The van der Waals surface area contributed by atoms with Crippen LogP contribution in [0.3, 0.4) is 0 Å². The highest BCUT2D eigenvalue weighted by Gasteiger charge is 2.46. The Morgan fingerprint density at radius 2 is 1.81 bits per heavy atom. The first-order valence-electron chi connectivity index (χ1n) is 11.9. The summed E-state index contributed by atoms with van der Waals surface area (Å²) in [4.78, 5) is 15.5. The van der Waals surface area contributed by atoms with Crippen molar-refractivity contribution in [1.82, 2.24) is 0 Å². The maximum atomic E-state index is 13.6. The van der Waals surface area contributed by atoms with E-state index in [2.05, 4.69) is 68.5 Å². The van der Waals surface area contributed by atoms with Crippen molar-refractivity contribution in [2.45, 2.75) is 64.3 Å². The molecule has 3 atom stereocenters. The largest absolute Gasteiger partial charge is 0.326 e. The Kier molecular flexibility index (Phi) is 6.92. The number of carbonyl (C=O) groups is 1. The average Bonchev–Trinajstić information content (AvgIpc) is 3.59. The Bertz CT molecular complexity index is 900. The number of nitrogens with two attached hydrogens (primary N) is 1. The fourth-order valence-corrected chi connectivity index (χ4v) is 4.93. The molecule has 0 aromatic heterocycles. The molecule has 1 saturated carbocycles. The predicted molar refractivity (Wildman–Crippen MR) is 130 cm³/mol. The van der Waals surface area contributed by atoms with E-state index in [4.69, 9.17) is 5.73 Å². The normalized spacial score (nSPS) is 21.5. The molecule has 0 bridgehead atoms. The van der Waals surface area contributed by atoms with Gasteiger partial charge in [0.2, 0.25) is 5.91 Å². The summed E-state index contributed by atoms with van der Waals surface area (Å²) in [5.74, 6) is 1.14. The molecule has 2 aromatic rings. The first-order valence-corrected chi connectivity index (χ1v) is 11.9. The van der Waals surface area contributed by atoms with Crippen LogP contribution in [0.5, 0.6) is 0 Å². The quantitative estimate of drug-likeness (QED) is 0.560. The van der Waals surface area contributed by atoms with Crippen LogP contribution in [0.25, 0.3) is 5.57 Å². The van der Waals surface area contributed by atoms with E-state index >= 15 is 0 Å². The molecule has 164 valence electrons. The number of hydrogen-bond donors (Lipinski definition) is 1. The molecule has 0 aliphatic heterocycles. The van der Waals surface area contributed by atoms with Crippen molar-refractivity contribution in [3.63, 3.8) is 0 Å². The molecule has 1 amide bonds. The highest BCUT2D eigenvalue weighted by molar-refractivity contribution is 5.97. The van der Waals surface area contributed by atoms with Crippen molar-refractivity contribution in [3.8, 4) is 0 Å². The van der Waals surface area contributed by atoms with Gasteiger partial charge in [-0.3, -0.25) is 4.79 Å². The van der Waals surface area contributed by atoms with Crippen LogP contribution in [0.1, 0.15) is 69.4 Å². The zero-order valence-corrected chi connectivity index (χ0v) is 19.0. The molecule has 0 spiro atoms. The Morgan fingerprint density at radius 1 is 1.06 bits per heavy atom. The molecular formula is C28H36N2O. The molecule has 1 fully saturated rings. The van der Waals surface area contributed by atoms with Gasteiger partial charge >= 0.3 is 0 Å². The second kappa shape index (κ2) is 9.82. The van der Waals surface area contributed by atoms with Gasteiger partial charge in [-0.05, 0) is 79.2 Å². The van der Waals surface area contributed by atoms with Crippen LogP contribution in [-0.4, -0.2) is 18.5 Å². The molecule has 3 heteroatoms. The van der Waals surface area contributed by atoms with Crippen LogP contribution in [0.15, 0.2) is 60.7 Å². The van der Waals surface area contributed by atoms with Gasteiger partial charge in [0.05, 0.1) is 0 Å². The minimum Gasteiger partial charge on any atom is -0.326 e. The monoisotopic (exact) mass is 416 g/mol. The molecule has 0 saturated heterocycles. The minimum atomic E-state index is -0.0152. The molecule has 4 rings (SSSR count). The van der Waals surface area contributed by atoms with E-state index in [0.717, 1.165) is 24.9 Å². The van der Waals surface area contributed by atoms with Crippen molar-refractivity contribution in [1.29, 1.82) is 0 Å². The molecule has 3 nitrogen and oxygen atoms in total. The van der Waals surface area contributed by atoms with Crippen LogP contribution in [-0.2, 0) is 4.79 Å². The van der Waals surface area contributed by atoms with Crippen LogP contribution >= 0.6 is 0 Å². The Morgan fingerprint density at radius 3 is 2.45 bits per heavy atom. The first-order chi connectivity index (χ1) is 15.0. The summed E-state index contributed by atoms with van der Waals surface area (Å²) in [6.07, 6.45) is 9.11. The molecular weight excluding hydrogens is 380 g/mol. The maximum absolute atomic E-state index is 13.6. The lowest BCUT2D eigenvalue weighted by Gasteiger charge is -2.27. The second-order valence-corrected chi connectivity index (χ2v) is 9.72. The maximum Gasteiger partial charge on any atom is 0.230 e. The molecule has 0 heterocycles. The van der Waals surface area contributed by atoms with Crippen molar-refractivity contribution < 1.29 is 4.79 Å². The summed E-state index contributed by atoms with van der Waals surface area (Å²) >= 11 is 0. The van der Waals surface area contributed by atoms with E-state index in [-0.39, 0.29) is 17.9 Å². The molecule has 31 heavy (non-hydrogen) atoms. The van der Waals surface area contributed by atoms with Crippen LogP contribution in [0.2, 0.25) is 0 Å². The number of allylic oxidation sites excluding steroid dienone is 2. The molecule has 0 radical (unpaired) electrons. The molecule has 2 aromatic carbocycles. The van der Waals surface area contributed by atoms with Crippen molar-refractivity contribution in [2.24, 2.45) is 17.6 Å². The molecule has 0 unspecified atom stereocenters. The van der Waals surface area contributed by atoms with Crippen LogP contribution in [0.4, 0.5) is 5.69 Å². The highest BCUT2D eigenvalue weighted by atomic mass is 16.2. The van der Waals surface area contributed by atoms with Crippen LogP contribution < -0.4 is 10.6 Å². The molecule has 2 aliphatic carbocycles.